The zero-order valence-electron chi connectivity index (χ0n) is 20.7. The van der Waals surface area contributed by atoms with Gasteiger partial charge in [0.25, 0.3) is 0 Å². The number of hydrogen-bond donors (Lipinski definition) is 1. The molecule has 4 aliphatic carbocycles. The summed E-state index contributed by atoms with van der Waals surface area (Å²) in [7, 11) is 0. The summed E-state index contributed by atoms with van der Waals surface area (Å²) >= 11 is 0. The highest BCUT2D eigenvalue weighted by atomic mass is 16.4. The lowest BCUT2D eigenvalue weighted by Gasteiger charge is -2.63. The van der Waals surface area contributed by atoms with Crippen LogP contribution in [0.1, 0.15) is 112 Å². The number of unbranched alkanes of at least 4 members (excludes halogenated alkanes) is 1. The number of carboxylic acids is 1. The van der Waals surface area contributed by atoms with Gasteiger partial charge in [-0.25, -0.2) is 0 Å². The maximum atomic E-state index is 12.4. The Labute approximate surface area is 190 Å². The molecule has 0 aromatic carbocycles. The Hall–Kier alpha value is -0.860. The number of Topliss-reactive ketones (excluding diaryl/α,β-unsaturated/α-hetero) is 1. The number of carbonyl (C=O) groups excluding carboxylic acids is 1. The summed E-state index contributed by atoms with van der Waals surface area (Å²) in [4.78, 5) is 24.6. The van der Waals surface area contributed by atoms with E-state index in [4.69, 9.17) is 0 Å². The molecule has 9 atom stereocenters. The Kier molecular flexibility index (Phi) is 6.14. The molecule has 0 aromatic heterocycles. The first-order chi connectivity index (χ1) is 14.6. The first-order valence-corrected chi connectivity index (χ1v) is 13.3. The molecule has 0 spiro atoms. The van der Waals surface area contributed by atoms with E-state index in [0.29, 0.717) is 17.1 Å². The average molecular weight is 431 g/mol. The van der Waals surface area contributed by atoms with Gasteiger partial charge in [-0.2, -0.15) is 0 Å². The van der Waals surface area contributed by atoms with Crippen molar-refractivity contribution in [2.24, 2.45) is 51.8 Å². The van der Waals surface area contributed by atoms with Crippen molar-refractivity contribution in [2.75, 3.05) is 0 Å². The third-order valence-corrected chi connectivity index (χ3v) is 11.5. The lowest BCUT2D eigenvalue weighted by Crippen LogP contribution is -2.55. The molecule has 1 unspecified atom stereocenters. The average Bonchev–Trinajstić information content (AvgIpc) is 3.06. The van der Waals surface area contributed by atoms with Gasteiger partial charge in [0.15, 0.2) is 0 Å². The Morgan fingerprint density at radius 1 is 0.935 bits per heavy atom. The molecule has 0 amide bonds. The van der Waals surface area contributed by atoms with Gasteiger partial charge in [-0.1, -0.05) is 40.5 Å². The second-order valence-corrected chi connectivity index (χ2v) is 12.8. The molecule has 3 heteroatoms. The second-order valence-electron chi connectivity index (χ2n) is 12.8. The van der Waals surface area contributed by atoms with E-state index >= 15 is 0 Å². The van der Waals surface area contributed by atoms with E-state index < -0.39 is 5.97 Å². The maximum Gasteiger partial charge on any atom is 0.307 e. The number of aliphatic carboxylic acids is 1. The first-order valence-electron chi connectivity index (χ1n) is 13.3. The molecule has 0 aliphatic heterocycles. The van der Waals surface area contributed by atoms with Crippen LogP contribution in [0.3, 0.4) is 0 Å². The number of rotatable bonds is 6. The largest absolute Gasteiger partial charge is 0.481 e. The van der Waals surface area contributed by atoms with Gasteiger partial charge >= 0.3 is 5.97 Å². The third kappa shape index (κ3) is 3.61. The Morgan fingerprint density at radius 2 is 1.65 bits per heavy atom. The molecule has 0 heterocycles. The minimum atomic E-state index is -0.567. The van der Waals surface area contributed by atoms with E-state index in [2.05, 4.69) is 27.7 Å². The topological polar surface area (TPSA) is 54.4 Å². The lowest BCUT2D eigenvalue weighted by atomic mass is 9.42. The zero-order valence-corrected chi connectivity index (χ0v) is 20.7. The van der Waals surface area contributed by atoms with Gasteiger partial charge in [0.2, 0.25) is 0 Å². The van der Waals surface area contributed by atoms with Crippen LogP contribution in [-0.4, -0.2) is 16.9 Å². The van der Waals surface area contributed by atoms with Crippen LogP contribution in [0.15, 0.2) is 0 Å². The Bertz CT molecular complexity index is 715. The van der Waals surface area contributed by atoms with Crippen molar-refractivity contribution in [3.8, 4) is 0 Å². The molecular formula is C28H46O3. The smallest absolute Gasteiger partial charge is 0.307 e. The zero-order chi connectivity index (χ0) is 22.6. The van der Waals surface area contributed by atoms with Crippen LogP contribution in [0.4, 0.5) is 0 Å². The molecule has 0 bridgehead atoms. The van der Waals surface area contributed by atoms with Gasteiger partial charge in [-0.05, 0) is 111 Å². The minimum Gasteiger partial charge on any atom is -0.481 e. The van der Waals surface area contributed by atoms with Gasteiger partial charge < -0.3 is 5.11 Å². The van der Waals surface area contributed by atoms with Gasteiger partial charge in [0, 0.05) is 5.92 Å². The fourth-order valence-electron chi connectivity index (χ4n) is 9.64. The quantitative estimate of drug-likeness (QED) is 0.487. The number of carboxylic acid groups (broad SMARTS) is 1. The molecular weight excluding hydrogens is 384 g/mol. The van der Waals surface area contributed by atoms with Crippen molar-refractivity contribution in [1.29, 1.82) is 0 Å². The second kappa shape index (κ2) is 8.17. The molecule has 176 valence electrons. The van der Waals surface area contributed by atoms with Crippen molar-refractivity contribution in [2.45, 2.75) is 112 Å². The number of carbonyl (C=O) groups is 2. The van der Waals surface area contributed by atoms with Crippen LogP contribution in [0.5, 0.6) is 0 Å². The molecule has 0 aromatic rings. The predicted octanol–water partition coefficient (Wildman–Crippen LogP) is 7.13. The fraction of sp³-hybridized carbons (Fsp3) is 0.929. The van der Waals surface area contributed by atoms with Crippen LogP contribution in [0.25, 0.3) is 0 Å². The Morgan fingerprint density at radius 3 is 2.29 bits per heavy atom. The van der Waals surface area contributed by atoms with E-state index in [1.807, 2.05) is 6.92 Å². The summed E-state index contributed by atoms with van der Waals surface area (Å²) in [6.45, 7) is 11.3. The molecule has 31 heavy (non-hydrogen) atoms. The SMILES string of the molecule is CCCCC(C(=O)O)[C@]1(C)CC[C@@]2(C)[C@@H](CC[C@@H]3[C@@H]2CC[C@]2(C)[C@@H](C(C)=O)CC[C@@H]32)C1. The molecule has 1 N–H and O–H groups in total. The maximum absolute atomic E-state index is 12.4. The highest BCUT2D eigenvalue weighted by Gasteiger charge is 2.62. The molecule has 3 nitrogen and oxygen atoms in total. The van der Waals surface area contributed by atoms with Crippen LogP contribution >= 0.6 is 0 Å². The van der Waals surface area contributed by atoms with Gasteiger partial charge in [-0.3, -0.25) is 9.59 Å². The molecule has 0 saturated heterocycles. The van der Waals surface area contributed by atoms with Crippen molar-refractivity contribution >= 4 is 11.8 Å². The standard InChI is InChI=1S/C28H46O3/c1-6-7-8-24(25(30)31)26(3)15-16-27(4)19(17-26)9-10-20-22-12-11-21(18(2)29)28(22,5)14-13-23(20)27/h19-24H,6-17H2,1-5H3,(H,30,31)/t19-,20-,21+,22-,23-,24?,26+,27-,28+/m0/s1. The van der Waals surface area contributed by atoms with Crippen molar-refractivity contribution in [3.63, 3.8) is 0 Å². The predicted molar refractivity (Wildman–Crippen MR) is 125 cm³/mol. The van der Waals surface area contributed by atoms with Crippen LogP contribution in [0, 0.1) is 51.8 Å². The van der Waals surface area contributed by atoms with Crippen LogP contribution < -0.4 is 0 Å². The summed E-state index contributed by atoms with van der Waals surface area (Å²) in [5.41, 5.74) is 0.550. The highest BCUT2D eigenvalue weighted by molar-refractivity contribution is 5.79. The van der Waals surface area contributed by atoms with Crippen LogP contribution in [0.2, 0.25) is 0 Å². The molecule has 4 rings (SSSR count). The lowest BCUT2D eigenvalue weighted by molar-refractivity contribution is -0.160. The van der Waals surface area contributed by atoms with Crippen molar-refractivity contribution < 1.29 is 14.7 Å². The molecule has 4 fully saturated rings. The summed E-state index contributed by atoms with van der Waals surface area (Å²) in [5, 5.41) is 10.0. The van der Waals surface area contributed by atoms with Gasteiger partial charge in [-0.15, -0.1) is 0 Å². The summed E-state index contributed by atoms with van der Waals surface area (Å²) in [5.74, 6) is 2.91. The summed E-state index contributed by atoms with van der Waals surface area (Å²) in [6, 6.07) is 0. The molecule has 4 saturated carbocycles. The summed E-state index contributed by atoms with van der Waals surface area (Å²) < 4.78 is 0. The number of fused-ring (bicyclic) bond motifs is 5. The van der Waals surface area contributed by atoms with Crippen LogP contribution in [-0.2, 0) is 9.59 Å². The van der Waals surface area contributed by atoms with Gasteiger partial charge in [0.05, 0.1) is 5.92 Å². The molecule has 4 aliphatic rings. The number of ketones is 1. The van der Waals surface area contributed by atoms with E-state index in [9.17, 15) is 14.7 Å². The fourth-order valence-corrected chi connectivity index (χ4v) is 9.64. The van der Waals surface area contributed by atoms with E-state index in [-0.39, 0.29) is 22.7 Å². The Balaban J connectivity index is 1.54. The van der Waals surface area contributed by atoms with E-state index in [1.165, 1.54) is 38.5 Å². The van der Waals surface area contributed by atoms with Gasteiger partial charge in [0.1, 0.15) is 5.78 Å². The summed E-state index contributed by atoms with van der Waals surface area (Å²) in [6.07, 6.45) is 13.7. The first kappa shape index (κ1) is 23.3. The third-order valence-electron chi connectivity index (χ3n) is 11.5. The molecule has 0 radical (unpaired) electrons. The van der Waals surface area contributed by atoms with E-state index in [1.54, 1.807) is 0 Å². The van der Waals surface area contributed by atoms with Crippen molar-refractivity contribution in [3.05, 3.63) is 0 Å². The minimum absolute atomic E-state index is 0.0473. The number of hydrogen-bond acceptors (Lipinski definition) is 2. The van der Waals surface area contributed by atoms with E-state index in [0.717, 1.165) is 56.3 Å². The van der Waals surface area contributed by atoms with Crippen molar-refractivity contribution in [1.82, 2.24) is 0 Å². The normalized spacial score (nSPS) is 47.7. The monoisotopic (exact) mass is 430 g/mol. The highest BCUT2D eigenvalue weighted by Crippen LogP contribution is 2.69.